The smallest absolute Gasteiger partial charge is 0.243 e. The molecule has 2 aromatic carbocycles. The molecule has 0 atom stereocenters. The van der Waals surface area contributed by atoms with Crippen molar-refractivity contribution in [1.29, 1.82) is 5.26 Å². The lowest BCUT2D eigenvalue weighted by Crippen LogP contribution is -2.48. The maximum atomic E-state index is 12.8. The number of benzene rings is 2. The highest BCUT2D eigenvalue weighted by atomic mass is 35.5. The van der Waals surface area contributed by atoms with Crippen molar-refractivity contribution in [1.82, 2.24) is 4.31 Å². The summed E-state index contributed by atoms with van der Waals surface area (Å²) >= 11 is 12.0. The van der Waals surface area contributed by atoms with Crippen molar-refractivity contribution >= 4 is 38.9 Å². The molecule has 1 aliphatic rings. The first-order valence-electron chi connectivity index (χ1n) is 7.62. The summed E-state index contributed by atoms with van der Waals surface area (Å²) in [7, 11) is -3.61. The summed E-state index contributed by atoms with van der Waals surface area (Å²) in [5.41, 5.74) is 1.24. The molecule has 25 heavy (non-hydrogen) atoms. The number of sulfonamides is 1. The van der Waals surface area contributed by atoms with E-state index in [9.17, 15) is 8.42 Å². The first-order valence-corrected chi connectivity index (χ1v) is 9.82. The third kappa shape index (κ3) is 3.75. The van der Waals surface area contributed by atoms with Gasteiger partial charge in [0.1, 0.15) is 0 Å². The van der Waals surface area contributed by atoms with Gasteiger partial charge < -0.3 is 4.90 Å². The lowest BCUT2D eigenvalue weighted by Gasteiger charge is -2.35. The third-order valence-electron chi connectivity index (χ3n) is 4.11. The van der Waals surface area contributed by atoms with Crippen molar-refractivity contribution in [3.63, 3.8) is 0 Å². The Morgan fingerprint density at radius 3 is 2.32 bits per heavy atom. The zero-order valence-electron chi connectivity index (χ0n) is 13.2. The number of hydrogen-bond acceptors (Lipinski definition) is 4. The van der Waals surface area contributed by atoms with Gasteiger partial charge in [0, 0.05) is 31.9 Å². The second-order valence-corrected chi connectivity index (χ2v) is 8.38. The van der Waals surface area contributed by atoms with E-state index in [0.717, 1.165) is 5.69 Å². The molecule has 130 valence electrons. The van der Waals surface area contributed by atoms with E-state index >= 15 is 0 Å². The Kier molecular flexibility index (Phi) is 5.21. The maximum absolute atomic E-state index is 12.8. The lowest BCUT2D eigenvalue weighted by molar-refractivity contribution is 0.385. The molecule has 0 aromatic heterocycles. The van der Waals surface area contributed by atoms with Crippen LogP contribution < -0.4 is 4.90 Å². The second-order valence-electron chi connectivity index (χ2n) is 5.63. The zero-order chi connectivity index (χ0) is 18.0. The van der Waals surface area contributed by atoms with E-state index in [0.29, 0.717) is 41.8 Å². The number of halogens is 2. The predicted octanol–water partition coefficient (Wildman–Crippen LogP) is 3.38. The van der Waals surface area contributed by atoms with Gasteiger partial charge in [0.2, 0.25) is 10.0 Å². The number of hydrogen-bond donors (Lipinski definition) is 0. The van der Waals surface area contributed by atoms with Gasteiger partial charge in [-0.25, -0.2) is 8.42 Å². The number of nitrogens with zero attached hydrogens (tertiary/aromatic N) is 3. The molecular weight excluding hydrogens is 381 g/mol. The molecule has 1 aliphatic heterocycles. The summed E-state index contributed by atoms with van der Waals surface area (Å²) in [6.45, 7) is 1.82. The summed E-state index contributed by atoms with van der Waals surface area (Å²) in [4.78, 5) is 2.22. The van der Waals surface area contributed by atoms with E-state index in [1.807, 2.05) is 12.1 Å². The normalized spacial score (nSPS) is 15.8. The molecule has 0 aliphatic carbocycles. The molecule has 5 nitrogen and oxygen atoms in total. The summed E-state index contributed by atoms with van der Waals surface area (Å²) in [6, 6.07) is 13.4. The van der Waals surface area contributed by atoms with E-state index < -0.39 is 10.0 Å². The van der Waals surface area contributed by atoms with Crippen molar-refractivity contribution in [2.24, 2.45) is 0 Å². The molecule has 3 rings (SSSR count). The lowest BCUT2D eigenvalue weighted by atomic mass is 10.2. The molecule has 1 heterocycles. The Balaban J connectivity index is 1.75. The van der Waals surface area contributed by atoms with Crippen molar-refractivity contribution in [3.8, 4) is 6.07 Å². The number of piperazine rings is 1. The fraction of sp³-hybridized carbons (Fsp3) is 0.235. The van der Waals surface area contributed by atoms with Crippen LogP contribution in [0.4, 0.5) is 5.69 Å². The summed E-state index contributed by atoms with van der Waals surface area (Å²) in [5.74, 6) is 0. The van der Waals surface area contributed by atoms with E-state index in [-0.39, 0.29) is 4.90 Å². The Morgan fingerprint density at radius 2 is 1.68 bits per heavy atom. The molecule has 8 heteroatoms. The molecule has 0 unspecified atom stereocenters. The maximum Gasteiger partial charge on any atom is 0.243 e. The van der Waals surface area contributed by atoms with Gasteiger partial charge in [-0.2, -0.15) is 9.57 Å². The highest BCUT2D eigenvalue weighted by molar-refractivity contribution is 7.89. The van der Waals surface area contributed by atoms with Crippen LogP contribution in [0.15, 0.2) is 47.4 Å². The van der Waals surface area contributed by atoms with Crippen molar-refractivity contribution in [2.45, 2.75) is 4.90 Å². The highest BCUT2D eigenvalue weighted by Crippen LogP contribution is 2.28. The zero-order valence-corrected chi connectivity index (χ0v) is 15.5. The van der Waals surface area contributed by atoms with Crippen molar-refractivity contribution in [2.75, 3.05) is 31.1 Å². The molecule has 0 spiro atoms. The van der Waals surface area contributed by atoms with Crippen LogP contribution in [0, 0.1) is 11.3 Å². The molecular formula is C17H15Cl2N3O2S. The van der Waals surface area contributed by atoms with Crippen LogP contribution in [0.1, 0.15) is 5.56 Å². The van der Waals surface area contributed by atoms with E-state index in [2.05, 4.69) is 4.90 Å². The van der Waals surface area contributed by atoms with Gasteiger partial charge >= 0.3 is 0 Å². The van der Waals surface area contributed by atoms with Crippen LogP contribution in [-0.4, -0.2) is 38.9 Å². The first kappa shape index (κ1) is 18.0. The van der Waals surface area contributed by atoms with Crippen LogP contribution in [0.25, 0.3) is 0 Å². The quantitative estimate of drug-likeness (QED) is 0.798. The van der Waals surface area contributed by atoms with Gasteiger partial charge in [0.25, 0.3) is 0 Å². The molecule has 0 bridgehead atoms. The summed E-state index contributed by atoms with van der Waals surface area (Å²) < 4.78 is 27.0. The molecule has 1 saturated heterocycles. The minimum atomic E-state index is -3.61. The average Bonchev–Trinajstić information content (AvgIpc) is 2.64. The van der Waals surface area contributed by atoms with E-state index in [4.69, 9.17) is 28.5 Å². The minimum Gasteiger partial charge on any atom is -0.369 e. The number of anilines is 1. The first-order chi connectivity index (χ1) is 11.9. The van der Waals surface area contributed by atoms with Gasteiger partial charge in [-0.05, 0) is 36.4 Å². The Hall–Kier alpha value is -1.78. The van der Waals surface area contributed by atoms with Gasteiger partial charge in [0.15, 0.2) is 0 Å². The van der Waals surface area contributed by atoms with Crippen LogP contribution in [-0.2, 0) is 10.0 Å². The van der Waals surface area contributed by atoms with Gasteiger partial charge in [0.05, 0.1) is 26.6 Å². The Labute approximate surface area is 157 Å². The minimum absolute atomic E-state index is 0.148. The van der Waals surface area contributed by atoms with Gasteiger partial charge in [-0.15, -0.1) is 0 Å². The monoisotopic (exact) mass is 395 g/mol. The number of rotatable bonds is 3. The third-order valence-corrected chi connectivity index (χ3v) is 6.74. The van der Waals surface area contributed by atoms with Crippen LogP contribution in [0.2, 0.25) is 10.0 Å². The van der Waals surface area contributed by atoms with Crippen LogP contribution in [0.5, 0.6) is 0 Å². The molecule has 2 aromatic rings. The average molecular weight is 396 g/mol. The summed E-state index contributed by atoms with van der Waals surface area (Å²) in [5, 5.41) is 9.92. The second kappa shape index (κ2) is 7.22. The predicted molar refractivity (Wildman–Crippen MR) is 98.6 cm³/mol. The highest BCUT2D eigenvalue weighted by Gasteiger charge is 2.28. The Bertz CT molecular complexity index is 933. The fourth-order valence-electron chi connectivity index (χ4n) is 2.74. The topological polar surface area (TPSA) is 64.4 Å². The molecule has 0 radical (unpaired) electrons. The molecule has 0 amide bonds. The molecule has 0 N–H and O–H groups in total. The standard InChI is InChI=1S/C17H15Cl2N3O2S/c18-16-5-4-14(11-17(16)19)21-6-8-22(9-7-21)25(23,24)15-3-1-2-13(10-15)12-20/h1-5,10-11H,6-9H2. The van der Waals surface area contributed by atoms with Crippen LogP contribution >= 0.6 is 23.2 Å². The number of nitriles is 1. The largest absolute Gasteiger partial charge is 0.369 e. The van der Waals surface area contributed by atoms with E-state index in [1.54, 1.807) is 24.3 Å². The Morgan fingerprint density at radius 1 is 0.960 bits per heavy atom. The SMILES string of the molecule is N#Cc1cccc(S(=O)(=O)N2CCN(c3ccc(Cl)c(Cl)c3)CC2)c1. The van der Waals surface area contributed by atoms with Gasteiger partial charge in [-0.1, -0.05) is 29.3 Å². The van der Waals surface area contributed by atoms with Crippen molar-refractivity contribution < 1.29 is 8.42 Å². The van der Waals surface area contributed by atoms with E-state index in [1.165, 1.54) is 16.4 Å². The fourth-order valence-corrected chi connectivity index (χ4v) is 4.50. The molecule has 1 fully saturated rings. The van der Waals surface area contributed by atoms with Gasteiger partial charge in [-0.3, -0.25) is 0 Å². The van der Waals surface area contributed by atoms with Crippen LogP contribution in [0.3, 0.4) is 0 Å². The van der Waals surface area contributed by atoms with Crippen molar-refractivity contribution in [3.05, 3.63) is 58.1 Å². The molecule has 0 saturated carbocycles. The summed E-state index contributed by atoms with van der Waals surface area (Å²) in [6.07, 6.45) is 0.